The molecule has 3 heteroatoms. The summed E-state index contributed by atoms with van der Waals surface area (Å²) >= 11 is 0. The Kier molecular flexibility index (Phi) is 6.16. The van der Waals surface area contributed by atoms with Crippen LogP contribution in [0.5, 0.6) is 0 Å². The van der Waals surface area contributed by atoms with Crippen LogP contribution in [0.15, 0.2) is 81.6 Å². The highest BCUT2D eigenvalue weighted by Gasteiger charge is 2.47. The lowest BCUT2D eigenvalue weighted by Crippen LogP contribution is -2.34. The molecule has 0 saturated carbocycles. The highest BCUT2D eigenvalue weighted by Crippen LogP contribution is 2.72. The van der Waals surface area contributed by atoms with Crippen LogP contribution in [-0.4, -0.2) is 16.6 Å². The Labute approximate surface area is 171 Å². The predicted molar refractivity (Wildman–Crippen MR) is 119 cm³/mol. The summed E-state index contributed by atoms with van der Waals surface area (Å²) in [7, 11) is -1.86. The number of allylic oxidation sites excluding steroid dienone is 1. The summed E-state index contributed by atoms with van der Waals surface area (Å²) in [4.78, 5) is 15.2. The van der Waals surface area contributed by atoms with Crippen LogP contribution in [0.4, 0.5) is 0 Å². The summed E-state index contributed by atoms with van der Waals surface area (Å²) in [5.74, 6) is 0.166. The van der Waals surface area contributed by atoms with E-state index in [1.54, 1.807) is 0 Å². The zero-order valence-corrected chi connectivity index (χ0v) is 18.4. The van der Waals surface area contributed by atoms with Crippen LogP contribution in [-0.2, 0) is 8.98 Å². The van der Waals surface area contributed by atoms with Crippen molar-refractivity contribution in [1.29, 1.82) is 0 Å². The second-order valence-electron chi connectivity index (χ2n) is 7.87. The van der Waals surface area contributed by atoms with Gasteiger partial charge in [0.1, 0.15) is 6.10 Å². The predicted octanol–water partition coefficient (Wildman–Crippen LogP) is 6.91. The van der Waals surface area contributed by atoms with Crippen molar-refractivity contribution in [3.8, 4) is 0 Å². The average Bonchev–Trinajstić information content (AvgIpc) is 3.50. The molecule has 2 aliphatic rings. The van der Waals surface area contributed by atoms with Gasteiger partial charge >= 0.3 is 0 Å². The van der Waals surface area contributed by atoms with Crippen molar-refractivity contribution in [1.82, 2.24) is 0 Å². The molecule has 0 aliphatic heterocycles. The number of hydrogen-bond donors (Lipinski definition) is 0. The van der Waals surface area contributed by atoms with Crippen LogP contribution in [0.25, 0.3) is 0 Å². The Morgan fingerprint density at radius 2 is 1.39 bits per heavy atom. The van der Waals surface area contributed by atoms with Crippen molar-refractivity contribution in [2.24, 2.45) is 0 Å². The molecule has 0 amide bonds. The van der Waals surface area contributed by atoms with E-state index in [-0.39, 0.29) is 16.6 Å². The van der Waals surface area contributed by atoms with Crippen molar-refractivity contribution >= 4 is 16.1 Å². The quantitative estimate of drug-likeness (QED) is 0.562. The molecule has 0 saturated heterocycles. The largest absolute Gasteiger partial charge is 0.316 e. The van der Waals surface area contributed by atoms with Crippen molar-refractivity contribution in [2.45, 2.75) is 68.1 Å². The minimum Gasteiger partial charge on any atom is -0.316 e. The summed E-state index contributed by atoms with van der Waals surface area (Å²) in [6.45, 7) is 10.7. The second kappa shape index (κ2) is 8.26. The maximum atomic E-state index is 12.8. The zero-order valence-electron chi connectivity index (χ0n) is 17.6. The monoisotopic (exact) mass is 395 g/mol. The van der Waals surface area contributed by atoms with E-state index in [0.29, 0.717) is 0 Å². The third-order valence-corrected chi connectivity index (χ3v) is 9.21. The number of rotatable bonds is 4. The fraction of sp³-hybridized carbons (Fsp3) is 0.360. The lowest BCUT2D eigenvalue weighted by molar-refractivity contribution is -0.121. The number of Topliss-reactive ketones (excluding diaryl/α,β-unsaturated/α-hetero) is 1. The first-order chi connectivity index (χ1) is 13.4. The smallest absolute Gasteiger partial charge is 0.189 e. The fourth-order valence-electron chi connectivity index (χ4n) is 3.75. The van der Waals surface area contributed by atoms with Gasteiger partial charge in [-0.2, -0.15) is 0 Å². The van der Waals surface area contributed by atoms with Gasteiger partial charge in [-0.15, -0.1) is 0 Å². The molecule has 0 fully saturated rings. The number of carbonyl (C=O) groups excluding carboxylic acids is 1. The molecule has 1 radical (unpaired) electrons. The number of benzene rings is 2. The van der Waals surface area contributed by atoms with Crippen LogP contribution in [0, 0.1) is 6.42 Å². The van der Waals surface area contributed by atoms with Gasteiger partial charge < -0.3 is 4.18 Å². The lowest BCUT2D eigenvalue weighted by Gasteiger charge is -2.51. The Bertz CT molecular complexity index is 808. The van der Waals surface area contributed by atoms with Gasteiger partial charge in [-0.25, -0.2) is 0 Å². The normalized spacial score (nSPS) is 19.5. The summed E-state index contributed by atoms with van der Waals surface area (Å²) in [5.41, 5.74) is 2.13. The van der Waals surface area contributed by atoms with Gasteiger partial charge in [0.05, 0.1) is 0 Å². The van der Waals surface area contributed by atoms with Gasteiger partial charge in [-0.3, -0.25) is 4.79 Å². The fourth-order valence-corrected chi connectivity index (χ4v) is 7.56. The van der Waals surface area contributed by atoms with Crippen molar-refractivity contribution < 1.29 is 8.98 Å². The van der Waals surface area contributed by atoms with E-state index in [4.69, 9.17) is 4.18 Å². The SMILES string of the molecule is CC.CC(C)(C)S(O[C@H]1CCC2=C([CH]2)C1=O)(c1ccccc1)c1ccccc1. The number of carbonyl (C=O) groups is 1. The minimum atomic E-state index is -1.86. The lowest BCUT2D eigenvalue weighted by atomic mass is 10.0. The zero-order chi connectivity index (χ0) is 20.4. The van der Waals surface area contributed by atoms with E-state index in [0.717, 1.165) is 18.4 Å². The second-order valence-corrected chi connectivity index (χ2v) is 11.3. The Hall–Kier alpha value is -1.84. The number of hydrogen-bond acceptors (Lipinski definition) is 2. The molecule has 2 nitrogen and oxygen atoms in total. The summed E-state index contributed by atoms with van der Waals surface area (Å²) in [6.07, 6.45) is 3.39. The van der Waals surface area contributed by atoms with E-state index < -0.39 is 10.3 Å². The van der Waals surface area contributed by atoms with Crippen molar-refractivity contribution in [2.75, 3.05) is 0 Å². The van der Waals surface area contributed by atoms with Crippen LogP contribution >= 0.6 is 10.3 Å². The third-order valence-electron chi connectivity index (χ3n) is 5.09. The molecular weight excluding hydrogens is 364 g/mol. The molecule has 0 spiro atoms. The standard InChI is InChI=1S/C23H25O2S.C2H6/c1-23(2,3)26(18-10-6-4-7-11-18,19-12-8-5-9-13-19)25-21-15-14-17-16-20(17)22(21)24;1-2/h4-13,16,21H,14-15H2,1-3H3;1-2H3/t21-;/m0./s1. The van der Waals surface area contributed by atoms with E-state index in [2.05, 4.69) is 69.3 Å². The molecule has 0 N–H and O–H groups in total. The third kappa shape index (κ3) is 3.70. The topological polar surface area (TPSA) is 26.3 Å². The van der Waals surface area contributed by atoms with E-state index in [9.17, 15) is 4.79 Å². The minimum absolute atomic E-state index is 0.155. The van der Waals surface area contributed by atoms with Gasteiger partial charge in [0, 0.05) is 26.5 Å². The average molecular weight is 396 g/mol. The summed E-state index contributed by atoms with van der Waals surface area (Å²) in [6, 6.07) is 20.9. The van der Waals surface area contributed by atoms with Gasteiger partial charge in [-0.1, -0.05) is 66.1 Å². The Morgan fingerprint density at radius 3 is 1.86 bits per heavy atom. The van der Waals surface area contributed by atoms with Crippen LogP contribution < -0.4 is 0 Å². The molecule has 2 aliphatic carbocycles. The number of ketones is 1. The maximum absolute atomic E-state index is 12.8. The first-order valence-corrected chi connectivity index (χ1v) is 11.7. The Morgan fingerprint density at radius 1 is 0.893 bits per heavy atom. The van der Waals surface area contributed by atoms with E-state index >= 15 is 0 Å². The molecule has 4 rings (SSSR count). The molecular formula is C25H31O2S. The molecule has 0 unspecified atom stereocenters. The van der Waals surface area contributed by atoms with E-state index in [1.807, 2.05) is 32.4 Å². The van der Waals surface area contributed by atoms with Gasteiger partial charge in [0.25, 0.3) is 0 Å². The first kappa shape index (κ1) is 20.9. The van der Waals surface area contributed by atoms with Crippen LogP contribution in [0.1, 0.15) is 47.5 Å². The van der Waals surface area contributed by atoms with E-state index in [1.165, 1.54) is 15.4 Å². The summed E-state index contributed by atoms with van der Waals surface area (Å²) in [5, 5.41) is 0. The molecule has 149 valence electrons. The van der Waals surface area contributed by atoms with Crippen LogP contribution in [0.3, 0.4) is 0 Å². The molecule has 1 atom stereocenters. The molecule has 28 heavy (non-hydrogen) atoms. The summed E-state index contributed by atoms with van der Waals surface area (Å²) < 4.78 is 6.75. The highest BCUT2D eigenvalue weighted by molar-refractivity contribution is 8.31. The molecule has 0 bridgehead atoms. The van der Waals surface area contributed by atoms with Gasteiger partial charge in [0.2, 0.25) is 0 Å². The molecule has 0 heterocycles. The maximum Gasteiger partial charge on any atom is 0.189 e. The highest BCUT2D eigenvalue weighted by atomic mass is 32.3. The first-order valence-electron chi connectivity index (χ1n) is 10.2. The van der Waals surface area contributed by atoms with Gasteiger partial charge in [0.15, 0.2) is 5.78 Å². The van der Waals surface area contributed by atoms with Crippen molar-refractivity contribution in [3.05, 3.63) is 78.2 Å². The molecule has 0 aromatic heterocycles. The molecule has 2 aromatic carbocycles. The van der Waals surface area contributed by atoms with Gasteiger partial charge in [-0.05, 0) is 57.9 Å². The van der Waals surface area contributed by atoms with Crippen molar-refractivity contribution in [3.63, 3.8) is 0 Å². The Balaban J connectivity index is 0.00000109. The molecule has 2 aromatic rings. The van der Waals surface area contributed by atoms with Crippen LogP contribution in [0.2, 0.25) is 0 Å².